The van der Waals surface area contributed by atoms with Crippen molar-refractivity contribution in [3.63, 3.8) is 0 Å². The Bertz CT molecular complexity index is 578. The molecular formula is C15H19N3O3. The van der Waals surface area contributed by atoms with Crippen LogP contribution in [0.2, 0.25) is 0 Å². The summed E-state index contributed by atoms with van der Waals surface area (Å²) < 4.78 is 12.0. The van der Waals surface area contributed by atoms with Crippen LogP contribution < -0.4 is 10.1 Å². The van der Waals surface area contributed by atoms with Gasteiger partial charge in [0.1, 0.15) is 12.4 Å². The SMILES string of the molecule is COCCOc1ccc(CNC(=O)c2cnn(C)c2)cc1. The average molecular weight is 289 g/mol. The predicted octanol–water partition coefficient (Wildman–Crippen LogP) is 1.38. The molecule has 21 heavy (non-hydrogen) atoms. The van der Waals surface area contributed by atoms with Crippen molar-refractivity contribution in [1.82, 2.24) is 15.1 Å². The molecule has 0 unspecified atom stereocenters. The smallest absolute Gasteiger partial charge is 0.254 e. The lowest BCUT2D eigenvalue weighted by Crippen LogP contribution is -2.22. The van der Waals surface area contributed by atoms with Gasteiger partial charge in [0.25, 0.3) is 5.91 Å². The number of carbonyl (C=O) groups excluding carboxylic acids is 1. The highest BCUT2D eigenvalue weighted by Gasteiger charge is 2.07. The lowest BCUT2D eigenvalue weighted by Gasteiger charge is -2.07. The number of ether oxygens (including phenoxy) is 2. The van der Waals surface area contributed by atoms with E-state index in [9.17, 15) is 4.79 Å². The third-order valence-electron chi connectivity index (χ3n) is 2.90. The van der Waals surface area contributed by atoms with Gasteiger partial charge in [0.15, 0.2) is 0 Å². The van der Waals surface area contributed by atoms with Gasteiger partial charge in [0.05, 0.1) is 18.4 Å². The second-order valence-corrected chi connectivity index (χ2v) is 4.57. The summed E-state index contributed by atoms with van der Waals surface area (Å²) in [5, 5.41) is 6.82. The molecule has 1 heterocycles. The Hall–Kier alpha value is -2.34. The van der Waals surface area contributed by atoms with E-state index < -0.39 is 0 Å². The van der Waals surface area contributed by atoms with Crippen molar-refractivity contribution in [2.24, 2.45) is 7.05 Å². The van der Waals surface area contributed by atoms with Crippen molar-refractivity contribution >= 4 is 5.91 Å². The van der Waals surface area contributed by atoms with Gasteiger partial charge in [0, 0.05) is 26.9 Å². The third kappa shape index (κ3) is 4.61. The Kier molecular flexibility index (Phi) is 5.34. The van der Waals surface area contributed by atoms with Crippen LogP contribution in [0, 0.1) is 0 Å². The molecule has 112 valence electrons. The monoisotopic (exact) mass is 289 g/mol. The normalized spacial score (nSPS) is 10.4. The summed E-state index contributed by atoms with van der Waals surface area (Å²) in [7, 11) is 3.41. The number of nitrogens with zero attached hydrogens (tertiary/aromatic N) is 2. The first-order valence-corrected chi connectivity index (χ1v) is 6.66. The third-order valence-corrected chi connectivity index (χ3v) is 2.90. The molecule has 6 nitrogen and oxygen atoms in total. The molecule has 2 aromatic rings. The largest absolute Gasteiger partial charge is 0.491 e. The predicted molar refractivity (Wildman–Crippen MR) is 78.2 cm³/mol. The van der Waals surface area contributed by atoms with E-state index in [-0.39, 0.29) is 5.91 Å². The zero-order valence-corrected chi connectivity index (χ0v) is 12.2. The quantitative estimate of drug-likeness (QED) is 0.782. The summed E-state index contributed by atoms with van der Waals surface area (Å²) >= 11 is 0. The van der Waals surface area contributed by atoms with Gasteiger partial charge in [-0.25, -0.2) is 0 Å². The van der Waals surface area contributed by atoms with Crippen molar-refractivity contribution in [3.8, 4) is 5.75 Å². The molecule has 0 saturated carbocycles. The maximum absolute atomic E-state index is 11.9. The molecule has 0 aliphatic heterocycles. The summed E-state index contributed by atoms with van der Waals surface area (Å²) in [6.07, 6.45) is 3.23. The van der Waals surface area contributed by atoms with Crippen molar-refractivity contribution in [2.45, 2.75) is 6.54 Å². The lowest BCUT2D eigenvalue weighted by molar-refractivity contribution is 0.0951. The highest BCUT2D eigenvalue weighted by Crippen LogP contribution is 2.12. The lowest BCUT2D eigenvalue weighted by atomic mass is 10.2. The van der Waals surface area contributed by atoms with Crippen molar-refractivity contribution in [3.05, 3.63) is 47.8 Å². The highest BCUT2D eigenvalue weighted by molar-refractivity contribution is 5.93. The van der Waals surface area contributed by atoms with Gasteiger partial charge in [-0.05, 0) is 17.7 Å². The van der Waals surface area contributed by atoms with Crippen LogP contribution in [-0.2, 0) is 18.3 Å². The molecule has 0 spiro atoms. The fourth-order valence-electron chi connectivity index (χ4n) is 1.77. The first-order chi connectivity index (χ1) is 10.2. The number of nitrogens with one attached hydrogen (secondary N) is 1. The standard InChI is InChI=1S/C15H19N3O3/c1-18-11-13(10-17-18)15(19)16-9-12-3-5-14(6-4-12)21-8-7-20-2/h3-6,10-11H,7-9H2,1-2H3,(H,16,19). The Morgan fingerprint density at radius 3 is 2.67 bits per heavy atom. The number of carbonyl (C=O) groups is 1. The number of rotatable bonds is 7. The van der Waals surface area contributed by atoms with Crippen LogP contribution in [-0.4, -0.2) is 36.0 Å². The highest BCUT2D eigenvalue weighted by atomic mass is 16.5. The van der Waals surface area contributed by atoms with Crippen LogP contribution in [0.25, 0.3) is 0 Å². The van der Waals surface area contributed by atoms with E-state index in [0.29, 0.717) is 25.3 Å². The molecule has 0 aliphatic carbocycles. The number of hydrogen-bond acceptors (Lipinski definition) is 4. The number of hydrogen-bond donors (Lipinski definition) is 1. The Balaban J connectivity index is 1.82. The number of benzene rings is 1. The first kappa shape index (κ1) is 15.1. The molecule has 1 aromatic heterocycles. The summed E-state index contributed by atoms with van der Waals surface area (Å²) in [6.45, 7) is 1.54. The van der Waals surface area contributed by atoms with E-state index >= 15 is 0 Å². The molecule has 0 fully saturated rings. The second kappa shape index (κ2) is 7.44. The Labute approximate surface area is 123 Å². The summed E-state index contributed by atoms with van der Waals surface area (Å²) in [5.74, 6) is 0.651. The van der Waals surface area contributed by atoms with E-state index in [2.05, 4.69) is 10.4 Å². The van der Waals surface area contributed by atoms with E-state index in [1.165, 1.54) is 0 Å². The maximum Gasteiger partial charge on any atom is 0.254 e. The first-order valence-electron chi connectivity index (χ1n) is 6.66. The van der Waals surface area contributed by atoms with Gasteiger partial charge in [-0.15, -0.1) is 0 Å². The summed E-state index contributed by atoms with van der Waals surface area (Å²) in [6, 6.07) is 7.60. The van der Waals surface area contributed by atoms with Crippen LogP contribution in [0.15, 0.2) is 36.7 Å². The Morgan fingerprint density at radius 1 is 1.29 bits per heavy atom. The fourth-order valence-corrected chi connectivity index (χ4v) is 1.77. The zero-order chi connectivity index (χ0) is 15.1. The molecule has 2 rings (SSSR count). The van der Waals surface area contributed by atoms with Crippen molar-refractivity contribution < 1.29 is 14.3 Å². The summed E-state index contributed by atoms with van der Waals surface area (Å²) in [5.41, 5.74) is 1.56. The fraction of sp³-hybridized carbons (Fsp3) is 0.333. The van der Waals surface area contributed by atoms with E-state index in [0.717, 1.165) is 11.3 Å². The summed E-state index contributed by atoms with van der Waals surface area (Å²) in [4.78, 5) is 11.9. The number of methoxy groups -OCH3 is 1. The molecule has 1 N–H and O–H groups in total. The molecule has 0 bridgehead atoms. The second-order valence-electron chi connectivity index (χ2n) is 4.57. The topological polar surface area (TPSA) is 65.4 Å². The van der Waals surface area contributed by atoms with Crippen molar-refractivity contribution in [1.29, 1.82) is 0 Å². The van der Waals surface area contributed by atoms with Crippen LogP contribution in [0.5, 0.6) is 5.75 Å². The van der Waals surface area contributed by atoms with Crippen LogP contribution in [0.4, 0.5) is 0 Å². The average Bonchev–Trinajstić information content (AvgIpc) is 2.93. The number of amides is 1. The molecule has 1 aromatic carbocycles. The number of aryl methyl sites for hydroxylation is 1. The maximum atomic E-state index is 11.9. The molecule has 0 aliphatic rings. The Morgan fingerprint density at radius 2 is 2.05 bits per heavy atom. The van der Waals surface area contributed by atoms with Gasteiger partial charge >= 0.3 is 0 Å². The van der Waals surface area contributed by atoms with Gasteiger partial charge < -0.3 is 14.8 Å². The minimum atomic E-state index is -0.136. The minimum absolute atomic E-state index is 0.136. The van der Waals surface area contributed by atoms with E-state index in [4.69, 9.17) is 9.47 Å². The molecule has 0 radical (unpaired) electrons. The van der Waals surface area contributed by atoms with Gasteiger partial charge in [-0.3, -0.25) is 9.48 Å². The van der Waals surface area contributed by atoms with E-state index in [1.54, 1.807) is 31.2 Å². The molecule has 6 heteroatoms. The van der Waals surface area contributed by atoms with Crippen LogP contribution >= 0.6 is 0 Å². The van der Waals surface area contributed by atoms with Gasteiger partial charge in [0.2, 0.25) is 0 Å². The van der Waals surface area contributed by atoms with Crippen LogP contribution in [0.1, 0.15) is 15.9 Å². The molecular weight excluding hydrogens is 270 g/mol. The number of aromatic nitrogens is 2. The van der Waals surface area contributed by atoms with Crippen molar-refractivity contribution in [2.75, 3.05) is 20.3 Å². The van der Waals surface area contributed by atoms with Gasteiger partial charge in [-0.2, -0.15) is 5.10 Å². The minimum Gasteiger partial charge on any atom is -0.491 e. The zero-order valence-electron chi connectivity index (χ0n) is 12.2. The molecule has 0 atom stereocenters. The van der Waals surface area contributed by atoms with Gasteiger partial charge in [-0.1, -0.05) is 12.1 Å². The molecule has 1 amide bonds. The van der Waals surface area contributed by atoms with Crippen LogP contribution in [0.3, 0.4) is 0 Å². The van der Waals surface area contributed by atoms with E-state index in [1.807, 2.05) is 24.3 Å². The molecule has 0 saturated heterocycles.